The zero-order valence-corrected chi connectivity index (χ0v) is 19.5. The Kier molecular flexibility index (Phi) is 5.54. The van der Waals surface area contributed by atoms with Gasteiger partial charge in [0.05, 0.1) is 26.7 Å². The molecule has 1 amide bonds. The first-order valence-corrected chi connectivity index (χ1v) is 11.6. The fourth-order valence-corrected chi connectivity index (χ4v) is 6.70. The second-order valence-corrected chi connectivity index (χ2v) is 9.97. The third-order valence-electron chi connectivity index (χ3n) is 7.76. The number of nitrogens with one attached hydrogen (secondary N) is 1. The molecule has 6 rings (SSSR count). The number of nitrogen functional groups attached to an aromatic ring is 1. The first-order valence-electron chi connectivity index (χ1n) is 11.6. The first-order chi connectivity index (χ1) is 15.9. The summed E-state index contributed by atoms with van der Waals surface area (Å²) in [5.41, 5.74) is 7.69. The van der Waals surface area contributed by atoms with E-state index in [0.717, 1.165) is 30.4 Å². The largest absolute Gasteiger partial charge is 0.493 e. The van der Waals surface area contributed by atoms with E-state index in [-0.39, 0.29) is 17.3 Å². The Morgan fingerprint density at radius 2 is 1.61 bits per heavy atom. The van der Waals surface area contributed by atoms with Gasteiger partial charge in [0.25, 0.3) is 0 Å². The molecule has 4 aliphatic carbocycles. The van der Waals surface area contributed by atoms with Gasteiger partial charge in [-0.2, -0.15) is 4.98 Å². The van der Waals surface area contributed by atoms with Crippen molar-refractivity contribution in [3.8, 4) is 17.2 Å². The van der Waals surface area contributed by atoms with Crippen molar-refractivity contribution in [2.45, 2.75) is 44.9 Å². The van der Waals surface area contributed by atoms with Gasteiger partial charge in [-0.05, 0) is 74.0 Å². The lowest BCUT2D eigenvalue weighted by atomic mass is 9.49. The fourth-order valence-electron chi connectivity index (χ4n) is 6.70. The minimum Gasteiger partial charge on any atom is -0.493 e. The van der Waals surface area contributed by atoms with Crippen LogP contribution in [0.3, 0.4) is 0 Å². The summed E-state index contributed by atoms with van der Waals surface area (Å²) in [5.74, 6) is 4.49. The van der Waals surface area contributed by atoms with Gasteiger partial charge in [-0.25, -0.2) is 4.98 Å². The molecule has 33 heavy (non-hydrogen) atoms. The van der Waals surface area contributed by atoms with Crippen molar-refractivity contribution in [3.05, 3.63) is 29.5 Å². The van der Waals surface area contributed by atoms with E-state index in [2.05, 4.69) is 15.3 Å². The van der Waals surface area contributed by atoms with E-state index < -0.39 is 0 Å². The molecule has 0 spiro atoms. The van der Waals surface area contributed by atoms with Gasteiger partial charge in [-0.3, -0.25) is 10.1 Å². The van der Waals surface area contributed by atoms with Crippen LogP contribution in [0.15, 0.2) is 18.3 Å². The van der Waals surface area contributed by atoms with Crippen molar-refractivity contribution >= 4 is 17.7 Å². The van der Waals surface area contributed by atoms with Crippen LogP contribution in [0.4, 0.5) is 11.8 Å². The highest BCUT2D eigenvalue weighted by atomic mass is 16.5. The highest BCUT2D eigenvalue weighted by Crippen LogP contribution is 2.60. The van der Waals surface area contributed by atoms with Crippen LogP contribution in [0.25, 0.3) is 0 Å². The van der Waals surface area contributed by atoms with Gasteiger partial charge < -0.3 is 19.9 Å². The van der Waals surface area contributed by atoms with Crippen LogP contribution < -0.4 is 25.3 Å². The summed E-state index contributed by atoms with van der Waals surface area (Å²) in [4.78, 5) is 22.1. The Hall–Kier alpha value is -3.03. The molecule has 0 radical (unpaired) electrons. The highest BCUT2D eigenvalue weighted by Gasteiger charge is 2.54. The topological polar surface area (TPSA) is 109 Å². The van der Waals surface area contributed by atoms with Gasteiger partial charge in [0.2, 0.25) is 17.6 Å². The van der Waals surface area contributed by atoms with Gasteiger partial charge in [-0.15, -0.1) is 0 Å². The predicted octanol–water partition coefficient (Wildman–Crippen LogP) is 3.83. The summed E-state index contributed by atoms with van der Waals surface area (Å²) < 4.78 is 16.3. The number of carbonyl (C=O) groups excluding carboxylic acids is 1. The van der Waals surface area contributed by atoms with Crippen molar-refractivity contribution in [1.82, 2.24) is 9.97 Å². The van der Waals surface area contributed by atoms with Gasteiger partial charge >= 0.3 is 0 Å². The highest BCUT2D eigenvalue weighted by molar-refractivity contribution is 5.94. The normalized spacial score (nSPS) is 27.3. The molecule has 0 atom stereocenters. The molecule has 4 aliphatic rings. The van der Waals surface area contributed by atoms with Gasteiger partial charge in [0.1, 0.15) is 5.82 Å². The Labute approximate surface area is 194 Å². The maximum atomic E-state index is 13.3. The molecule has 4 fully saturated rings. The van der Waals surface area contributed by atoms with E-state index in [1.165, 1.54) is 19.3 Å². The number of carbonyl (C=O) groups is 1. The maximum Gasteiger partial charge on any atom is 0.232 e. The average molecular weight is 453 g/mol. The third-order valence-corrected chi connectivity index (χ3v) is 7.76. The molecule has 2 aromatic rings. The Balaban J connectivity index is 1.32. The number of ether oxygens (including phenoxy) is 3. The lowest BCUT2D eigenvalue weighted by Crippen LogP contribution is -2.51. The summed E-state index contributed by atoms with van der Waals surface area (Å²) in [6.45, 7) is 0. The van der Waals surface area contributed by atoms with E-state index in [0.29, 0.717) is 47.2 Å². The number of nitrogens with zero attached hydrogens (tertiary/aromatic N) is 2. The van der Waals surface area contributed by atoms with E-state index >= 15 is 0 Å². The van der Waals surface area contributed by atoms with E-state index in [9.17, 15) is 4.79 Å². The number of benzene rings is 1. The first kappa shape index (κ1) is 21.8. The van der Waals surface area contributed by atoms with Gasteiger partial charge in [-0.1, -0.05) is 0 Å². The van der Waals surface area contributed by atoms with Crippen molar-refractivity contribution in [3.63, 3.8) is 0 Å². The Morgan fingerprint density at radius 1 is 1.03 bits per heavy atom. The molecule has 1 aromatic heterocycles. The molecule has 0 saturated heterocycles. The van der Waals surface area contributed by atoms with E-state index in [1.807, 2.05) is 12.1 Å². The van der Waals surface area contributed by atoms with E-state index in [1.54, 1.807) is 27.5 Å². The zero-order chi connectivity index (χ0) is 23.2. The molecular weight excluding hydrogens is 420 g/mol. The summed E-state index contributed by atoms with van der Waals surface area (Å²) in [6, 6.07) is 3.76. The average Bonchev–Trinajstić information content (AvgIpc) is 2.79. The number of hydrogen-bond donors (Lipinski definition) is 2. The Bertz CT molecular complexity index is 1010. The summed E-state index contributed by atoms with van der Waals surface area (Å²) in [5, 5.41) is 2.98. The molecule has 3 N–H and O–H groups in total. The lowest BCUT2D eigenvalue weighted by Gasteiger charge is -2.55. The minimum atomic E-state index is -0.248. The van der Waals surface area contributed by atoms with Crippen LogP contribution in [-0.2, 0) is 11.2 Å². The standard InChI is InChI=1S/C25H32N4O4/c1-31-19-8-14(9-20(32-2)21(19)33-3)7-18-13-27-24(28-22(18)26)29-23(30)25-10-15-4-16(11-25)6-17(5-15)12-25/h8-9,13,15-17H,4-7,10-12H2,1-3H3,(H3,26,27,28,29,30). The van der Waals surface area contributed by atoms with E-state index in [4.69, 9.17) is 19.9 Å². The molecule has 1 aromatic carbocycles. The van der Waals surface area contributed by atoms with Crippen LogP contribution in [0.1, 0.15) is 49.7 Å². The van der Waals surface area contributed by atoms with Crippen molar-refractivity contribution in [2.75, 3.05) is 32.4 Å². The number of nitrogens with two attached hydrogens (primary N) is 1. The molecule has 8 nitrogen and oxygen atoms in total. The zero-order valence-electron chi connectivity index (χ0n) is 19.5. The molecule has 1 heterocycles. The molecule has 4 bridgehead atoms. The molecule has 0 aliphatic heterocycles. The SMILES string of the molecule is COc1cc(Cc2cnc(NC(=O)C34CC5CC(CC(C5)C3)C4)nc2N)cc(OC)c1OC. The van der Waals surface area contributed by atoms with Gasteiger partial charge in [0.15, 0.2) is 11.5 Å². The molecule has 8 heteroatoms. The number of amides is 1. The third kappa shape index (κ3) is 3.96. The quantitative estimate of drug-likeness (QED) is 0.657. The van der Waals surface area contributed by atoms with Crippen molar-refractivity contribution < 1.29 is 19.0 Å². The van der Waals surface area contributed by atoms with Gasteiger partial charge in [0, 0.05) is 18.2 Å². The number of aromatic nitrogens is 2. The molecule has 4 saturated carbocycles. The smallest absolute Gasteiger partial charge is 0.232 e. The van der Waals surface area contributed by atoms with Crippen molar-refractivity contribution in [1.29, 1.82) is 0 Å². The predicted molar refractivity (Wildman–Crippen MR) is 125 cm³/mol. The molecule has 0 unspecified atom stereocenters. The van der Waals surface area contributed by atoms with Crippen molar-refractivity contribution in [2.24, 2.45) is 23.2 Å². The Morgan fingerprint density at radius 3 is 2.09 bits per heavy atom. The second-order valence-electron chi connectivity index (χ2n) is 9.97. The second kappa shape index (κ2) is 8.39. The van der Waals surface area contributed by atoms with Crippen LogP contribution in [0.2, 0.25) is 0 Å². The summed E-state index contributed by atoms with van der Waals surface area (Å²) in [7, 11) is 4.74. The summed E-state index contributed by atoms with van der Waals surface area (Å²) >= 11 is 0. The number of anilines is 2. The minimum absolute atomic E-state index is 0.0679. The number of methoxy groups -OCH3 is 3. The monoisotopic (exact) mass is 452 g/mol. The number of rotatable bonds is 7. The summed E-state index contributed by atoms with van der Waals surface area (Å²) in [6.07, 6.45) is 9.06. The molecule has 176 valence electrons. The van der Waals surface area contributed by atoms with Crippen LogP contribution in [0.5, 0.6) is 17.2 Å². The van der Waals surface area contributed by atoms with Crippen LogP contribution >= 0.6 is 0 Å². The fraction of sp³-hybridized carbons (Fsp3) is 0.560. The molecular formula is C25H32N4O4. The maximum absolute atomic E-state index is 13.3. The van der Waals surface area contributed by atoms with Crippen LogP contribution in [-0.4, -0.2) is 37.2 Å². The number of hydrogen-bond acceptors (Lipinski definition) is 7. The lowest BCUT2D eigenvalue weighted by molar-refractivity contribution is -0.140. The van der Waals surface area contributed by atoms with Crippen LogP contribution in [0, 0.1) is 23.2 Å².